The van der Waals surface area contributed by atoms with E-state index in [1.54, 1.807) is 4.68 Å². The maximum Gasteiger partial charge on any atom is 0.306 e. The van der Waals surface area contributed by atoms with Gasteiger partial charge in [0.25, 0.3) is 5.91 Å². The molecule has 1 amide bonds. The van der Waals surface area contributed by atoms with Crippen molar-refractivity contribution in [3.63, 3.8) is 0 Å². The minimum Gasteiger partial charge on any atom is -0.460 e. The molecule has 1 saturated heterocycles. The summed E-state index contributed by atoms with van der Waals surface area (Å²) in [5.74, 6) is 0.225. The lowest BCUT2D eigenvalue weighted by Gasteiger charge is -2.12. The minimum absolute atomic E-state index is 0.147. The Morgan fingerprint density at radius 1 is 1.58 bits per heavy atom. The molecule has 0 spiro atoms. The van der Waals surface area contributed by atoms with E-state index >= 15 is 0 Å². The van der Waals surface area contributed by atoms with Crippen molar-refractivity contribution in [2.75, 3.05) is 18.4 Å². The number of hydrogen-bond acceptors (Lipinski definition) is 6. The fourth-order valence-electron chi connectivity index (χ4n) is 2.17. The smallest absolute Gasteiger partial charge is 0.306 e. The number of fused-ring (bicyclic) bond motifs is 1. The molecular formula is C11H15N5O3. The molecule has 0 bridgehead atoms. The van der Waals surface area contributed by atoms with Gasteiger partial charge in [-0.25, -0.2) is 4.68 Å². The van der Waals surface area contributed by atoms with Gasteiger partial charge in [-0.1, -0.05) is 0 Å². The van der Waals surface area contributed by atoms with Crippen molar-refractivity contribution in [3.8, 4) is 0 Å². The third kappa shape index (κ3) is 2.51. The lowest BCUT2D eigenvalue weighted by atomic mass is 10.2. The molecule has 2 aliphatic heterocycles. The number of ether oxygens (including phenoxy) is 1. The van der Waals surface area contributed by atoms with E-state index in [1.807, 2.05) is 0 Å². The van der Waals surface area contributed by atoms with Gasteiger partial charge in [0.2, 0.25) is 11.8 Å². The number of cyclic esters (lactones) is 1. The lowest BCUT2D eigenvalue weighted by Crippen LogP contribution is -2.32. The van der Waals surface area contributed by atoms with Gasteiger partial charge in [-0.3, -0.25) is 9.59 Å². The molecule has 1 aromatic rings. The first-order valence-electron chi connectivity index (χ1n) is 6.39. The normalized spacial score (nSPS) is 21.5. The maximum atomic E-state index is 11.9. The van der Waals surface area contributed by atoms with E-state index in [4.69, 9.17) is 4.74 Å². The Balaban J connectivity index is 1.58. The van der Waals surface area contributed by atoms with Crippen LogP contribution in [0.4, 0.5) is 5.95 Å². The number of aromatic nitrogens is 3. The molecule has 1 atom stereocenters. The molecule has 8 heteroatoms. The van der Waals surface area contributed by atoms with Crippen molar-refractivity contribution in [2.24, 2.45) is 0 Å². The van der Waals surface area contributed by atoms with Crippen LogP contribution in [0.25, 0.3) is 0 Å². The second kappa shape index (κ2) is 4.87. The zero-order valence-corrected chi connectivity index (χ0v) is 10.4. The van der Waals surface area contributed by atoms with Gasteiger partial charge >= 0.3 is 5.97 Å². The summed E-state index contributed by atoms with van der Waals surface area (Å²) in [6.45, 7) is 1.92. The molecule has 1 unspecified atom stereocenters. The number of aryl methyl sites for hydroxylation is 1. The summed E-state index contributed by atoms with van der Waals surface area (Å²) in [5, 5.41) is 9.90. The molecule has 3 heterocycles. The average molecular weight is 265 g/mol. The van der Waals surface area contributed by atoms with Crippen LogP contribution in [0.3, 0.4) is 0 Å². The zero-order chi connectivity index (χ0) is 13.2. The van der Waals surface area contributed by atoms with Crippen molar-refractivity contribution in [1.82, 2.24) is 20.1 Å². The topological polar surface area (TPSA) is 98.1 Å². The molecule has 1 fully saturated rings. The molecule has 102 valence electrons. The quantitative estimate of drug-likeness (QED) is 0.717. The number of anilines is 1. The van der Waals surface area contributed by atoms with Gasteiger partial charge in [-0.2, -0.15) is 4.98 Å². The van der Waals surface area contributed by atoms with E-state index in [0.717, 1.165) is 19.5 Å². The fraction of sp³-hybridized carbons (Fsp3) is 0.636. The highest BCUT2D eigenvalue weighted by Gasteiger charge is 2.25. The van der Waals surface area contributed by atoms with E-state index in [2.05, 4.69) is 20.7 Å². The Hall–Kier alpha value is -2.12. The van der Waals surface area contributed by atoms with Gasteiger partial charge in [-0.05, 0) is 12.8 Å². The molecule has 1 aromatic heterocycles. The largest absolute Gasteiger partial charge is 0.460 e. The maximum absolute atomic E-state index is 11.9. The van der Waals surface area contributed by atoms with Crippen LogP contribution >= 0.6 is 0 Å². The number of rotatable bonds is 3. The van der Waals surface area contributed by atoms with E-state index in [1.165, 1.54) is 0 Å². The molecule has 0 saturated carbocycles. The predicted molar refractivity (Wildman–Crippen MR) is 64.6 cm³/mol. The first kappa shape index (κ1) is 11.9. The van der Waals surface area contributed by atoms with Gasteiger partial charge in [-0.15, -0.1) is 5.10 Å². The van der Waals surface area contributed by atoms with Crippen LogP contribution in [-0.4, -0.2) is 45.8 Å². The number of nitrogens with zero attached hydrogens (tertiary/aromatic N) is 3. The highest BCUT2D eigenvalue weighted by Crippen LogP contribution is 2.13. The van der Waals surface area contributed by atoms with Crippen LogP contribution < -0.4 is 10.6 Å². The summed E-state index contributed by atoms with van der Waals surface area (Å²) in [4.78, 5) is 26.9. The number of amides is 1. The van der Waals surface area contributed by atoms with Crippen LogP contribution in [-0.2, 0) is 16.1 Å². The summed E-state index contributed by atoms with van der Waals surface area (Å²) >= 11 is 0. The molecule has 8 nitrogen and oxygen atoms in total. The SMILES string of the molecule is O=C1CCC(CNC(=O)c2nc3n(n2)CCCN3)O1. The van der Waals surface area contributed by atoms with Crippen LogP contribution in [0.2, 0.25) is 0 Å². The predicted octanol–water partition coefficient (Wildman–Crippen LogP) is -0.471. The van der Waals surface area contributed by atoms with E-state index in [0.29, 0.717) is 25.3 Å². The Morgan fingerprint density at radius 3 is 3.21 bits per heavy atom. The number of esters is 1. The molecule has 0 aromatic carbocycles. The summed E-state index contributed by atoms with van der Waals surface area (Å²) < 4.78 is 6.71. The number of carbonyl (C=O) groups is 2. The van der Waals surface area contributed by atoms with E-state index in [9.17, 15) is 9.59 Å². The molecule has 3 rings (SSSR count). The summed E-state index contributed by atoms with van der Waals surface area (Å²) in [5.41, 5.74) is 0. The second-order valence-electron chi connectivity index (χ2n) is 4.62. The Morgan fingerprint density at radius 2 is 2.47 bits per heavy atom. The molecule has 19 heavy (non-hydrogen) atoms. The third-order valence-electron chi connectivity index (χ3n) is 3.16. The van der Waals surface area contributed by atoms with Crippen molar-refractivity contribution in [2.45, 2.75) is 31.9 Å². The van der Waals surface area contributed by atoms with Crippen LogP contribution in [0.5, 0.6) is 0 Å². The summed E-state index contributed by atoms with van der Waals surface area (Å²) in [7, 11) is 0. The molecular weight excluding hydrogens is 250 g/mol. The number of hydrogen-bond donors (Lipinski definition) is 2. The standard InChI is InChI=1S/C11H15N5O3/c17-8-3-2-7(19-8)6-13-10(18)9-14-11-12-4-1-5-16(11)15-9/h7H,1-6H2,(H,13,18)(H,12,14,15). The fourth-order valence-corrected chi connectivity index (χ4v) is 2.17. The highest BCUT2D eigenvalue weighted by atomic mass is 16.5. The molecule has 2 aliphatic rings. The Kier molecular flexibility index (Phi) is 3.06. The highest BCUT2D eigenvalue weighted by molar-refractivity contribution is 5.90. The monoisotopic (exact) mass is 265 g/mol. The van der Waals surface area contributed by atoms with Crippen LogP contribution in [0, 0.1) is 0 Å². The average Bonchev–Trinajstić information content (AvgIpc) is 3.01. The minimum atomic E-state index is -0.341. The Bertz CT molecular complexity index is 489. The Labute approximate surface area is 109 Å². The van der Waals surface area contributed by atoms with Crippen molar-refractivity contribution in [1.29, 1.82) is 0 Å². The van der Waals surface area contributed by atoms with E-state index in [-0.39, 0.29) is 23.8 Å². The summed E-state index contributed by atoms with van der Waals surface area (Å²) in [6, 6.07) is 0. The molecule has 0 radical (unpaired) electrons. The second-order valence-corrected chi connectivity index (χ2v) is 4.62. The van der Waals surface area contributed by atoms with Gasteiger partial charge in [0, 0.05) is 19.5 Å². The first-order valence-corrected chi connectivity index (χ1v) is 6.39. The van der Waals surface area contributed by atoms with Crippen molar-refractivity contribution >= 4 is 17.8 Å². The summed E-state index contributed by atoms with van der Waals surface area (Å²) in [6.07, 6.45) is 1.80. The lowest BCUT2D eigenvalue weighted by molar-refractivity contribution is -0.141. The van der Waals surface area contributed by atoms with Crippen molar-refractivity contribution in [3.05, 3.63) is 5.82 Å². The van der Waals surface area contributed by atoms with Crippen LogP contribution in [0.15, 0.2) is 0 Å². The van der Waals surface area contributed by atoms with Gasteiger partial charge in [0.05, 0.1) is 6.54 Å². The molecule has 0 aliphatic carbocycles. The molecule has 2 N–H and O–H groups in total. The van der Waals surface area contributed by atoms with Gasteiger partial charge in [0.1, 0.15) is 6.10 Å². The van der Waals surface area contributed by atoms with Gasteiger partial charge in [0.15, 0.2) is 0 Å². The number of carbonyl (C=O) groups excluding carboxylic acids is 2. The van der Waals surface area contributed by atoms with E-state index < -0.39 is 0 Å². The van der Waals surface area contributed by atoms with Crippen molar-refractivity contribution < 1.29 is 14.3 Å². The number of nitrogens with one attached hydrogen (secondary N) is 2. The zero-order valence-electron chi connectivity index (χ0n) is 10.4. The third-order valence-corrected chi connectivity index (χ3v) is 3.16. The van der Waals surface area contributed by atoms with Gasteiger partial charge < -0.3 is 15.4 Å². The van der Waals surface area contributed by atoms with Crippen LogP contribution in [0.1, 0.15) is 29.9 Å². The first-order chi connectivity index (χ1) is 9.22.